The van der Waals surface area contributed by atoms with Crippen molar-refractivity contribution in [2.75, 3.05) is 13.7 Å². The average Bonchev–Trinajstić information content (AvgIpc) is 2.70. The maximum Gasteiger partial charge on any atom is 0.185 e. The molecule has 0 aromatic heterocycles. The minimum atomic E-state index is -1.32. The van der Waals surface area contributed by atoms with Gasteiger partial charge in [-0.3, -0.25) is 4.79 Å². The van der Waals surface area contributed by atoms with Crippen LogP contribution < -0.4 is 14.6 Å². The number of ketones is 1. The Kier molecular flexibility index (Phi) is 5.52. The van der Waals surface area contributed by atoms with Crippen LogP contribution >= 0.6 is 0 Å². The van der Waals surface area contributed by atoms with Crippen LogP contribution in [-0.4, -0.2) is 25.5 Å². The first-order valence-electron chi connectivity index (χ1n) is 8.29. The van der Waals surface area contributed by atoms with Crippen LogP contribution in [-0.2, 0) is 4.79 Å². The van der Waals surface area contributed by atoms with Gasteiger partial charge < -0.3 is 19.4 Å². The number of rotatable bonds is 7. The van der Waals surface area contributed by atoms with Gasteiger partial charge in [-0.1, -0.05) is 48.5 Å². The predicted molar refractivity (Wildman–Crippen MR) is 101 cm³/mol. The Morgan fingerprint density at radius 2 is 1.74 bits per heavy atom. The molecule has 136 valence electrons. The summed E-state index contributed by atoms with van der Waals surface area (Å²) < 4.78 is 10.3. The first-order valence-corrected chi connectivity index (χ1v) is 8.29. The lowest BCUT2D eigenvalue weighted by Crippen LogP contribution is -2.29. The lowest BCUT2D eigenvalue weighted by Gasteiger charge is -2.11. The highest BCUT2D eigenvalue weighted by Crippen LogP contribution is 2.28. The summed E-state index contributed by atoms with van der Waals surface area (Å²) in [7, 11) is 1.45. The Bertz CT molecular complexity index is 1020. The van der Waals surface area contributed by atoms with E-state index in [0.717, 1.165) is 16.3 Å². The van der Waals surface area contributed by atoms with Crippen molar-refractivity contribution < 1.29 is 24.2 Å². The molecule has 0 N–H and O–H groups in total. The SMILES string of the molecule is COc1cc(/C=C/C(=O)c2ccc3ccccc3c2)ccc1OCC(=O)[O-]. The van der Waals surface area contributed by atoms with Crippen molar-refractivity contribution in [2.45, 2.75) is 0 Å². The highest BCUT2D eigenvalue weighted by Gasteiger charge is 2.06. The molecular weight excluding hydrogens is 344 g/mol. The van der Waals surface area contributed by atoms with Gasteiger partial charge in [-0.25, -0.2) is 0 Å². The van der Waals surface area contributed by atoms with Crippen LogP contribution in [0, 0.1) is 0 Å². The largest absolute Gasteiger partial charge is 0.546 e. The number of methoxy groups -OCH3 is 1. The molecule has 0 aliphatic heterocycles. The van der Waals surface area contributed by atoms with Gasteiger partial charge in [0.05, 0.1) is 13.1 Å². The summed E-state index contributed by atoms with van der Waals surface area (Å²) in [6, 6.07) is 18.4. The van der Waals surface area contributed by atoms with E-state index in [4.69, 9.17) is 9.47 Å². The molecule has 3 aromatic carbocycles. The fourth-order valence-electron chi connectivity index (χ4n) is 2.65. The molecule has 27 heavy (non-hydrogen) atoms. The maximum absolute atomic E-state index is 12.4. The van der Waals surface area contributed by atoms with Gasteiger partial charge in [0.2, 0.25) is 0 Å². The number of benzene rings is 3. The van der Waals surface area contributed by atoms with Crippen LogP contribution in [0.5, 0.6) is 11.5 Å². The fourth-order valence-corrected chi connectivity index (χ4v) is 2.65. The summed E-state index contributed by atoms with van der Waals surface area (Å²) in [4.78, 5) is 23.0. The Hall–Kier alpha value is -3.60. The van der Waals surface area contributed by atoms with Crippen LogP contribution in [0.25, 0.3) is 16.8 Å². The number of ether oxygens (including phenoxy) is 2. The summed E-state index contributed by atoms with van der Waals surface area (Å²) in [5.41, 5.74) is 1.33. The molecule has 0 radical (unpaired) electrons. The molecule has 0 amide bonds. The fraction of sp³-hybridized carbons (Fsp3) is 0.0909. The summed E-state index contributed by atoms with van der Waals surface area (Å²) in [6.45, 7) is -0.563. The third-order valence-electron chi connectivity index (χ3n) is 3.99. The van der Waals surface area contributed by atoms with Gasteiger partial charge in [0.15, 0.2) is 17.3 Å². The number of carboxylic acid groups (broad SMARTS) is 1. The van der Waals surface area contributed by atoms with Crippen LogP contribution in [0.4, 0.5) is 0 Å². The molecule has 0 saturated carbocycles. The maximum atomic E-state index is 12.4. The molecule has 5 heteroatoms. The molecule has 0 heterocycles. The summed E-state index contributed by atoms with van der Waals surface area (Å²) in [6.07, 6.45) is 3.16. The first kappa shape index (κ1) is 18.2. The second-order valence-electron chi connectivity index (χ2n) is 5.83. The molecule has 0 unspecified atom stereocenters. The standard InChI is InChI=1S/C22H18O5/c1-26-21-12-15(7-11-20(21)27-14-22(24)25)6-10-19(23)18-9-8-16-4-2-3-5-17(16)13-18/h2-13H,14H2,1H3,(H,24,25)/p-1/b10-6+. The zero-order chi connectivity index (χ0) is 19.2. The minimum Gasteiger partial charge on any atom is -0.546 e. The van der Waals surface area contributed by atoms with E-state index in [9.17, 15) is 14.7 Å². The van der Waals surface area contributed by atoms with Gasteiger partial charge in [0.1, 0.15) is 6.61 Å². The Balaban J connectivity index is 1.77. The molecule has 0 aliphatic carbocycles. The second-order valence-corrected chi connectivity index (χ2v) is 5.83. The van der Waals surface area contributed by atoms with E-state index in [0.29, 0.717) is 17.1 Å². The highest BCUT2D eigenvalue weighted by atomic mass is 16.5. The molecule has 0 aliphatic rings. The summed E-state index contributed by atoms with van der Waals surface area (Å²) >= 11 is 0. The van der Waals surface area contributed by atoms with Crippen LogP contribution in [0.1, 0.15) is 15.9 Å². The van der Waals surface area contributed by atoms with Crippen molar-refractivity contribution in [1.29, 1.82) is 0 Å². The summed E-state index contributed by atoms with van der Waals surface area (Å²) in [5, 5.41) is 12.6. The lowest BCUT2D eigenvalue weighted by molar-refractivity contribution is -0.307. The first-order chi connectivity index (χ1) is 13.1. The monoisotopic (exact) mass is 361 g/mol. The van der Waals surface area contributed by atoms with Gasteiger partial charge in [-0.05, 0) is 40.6 Å². The average molecular weight is 361 g/mol. The smallest absolute Gasteiger partial charge is 0.185 e. The molecule has 0 saturated heterocycles. The number of fused-ring (bicyclic) bond motifs is 1. The molecule has 5 nitrogen and oxygen atoms in total. The van der Waals surface area contributed by atoms with Crippen molar-refractivity contribution >= 4 is 28.6 Å². The topological polar surface area (TPSA) is 75.7 Å². The van der Waals surface area contributed by atoms with Crippen molar-refractivity contribution in [3.8, 4) is 11.5 Å². The summed E-state index contributed by atoms with van der Waals surface area (Å²) in [5.74, 6) is -0.768. The van der Waals surface area contributed by atoms with E-state index in [1.807, 2.05) is 36.4 Å². The molecule has 3 aromatic rings. The third-order valence-corrected chi connectivity index (χ3v) is 3.99. The van der Waals surface area contributed by atoms with Crippen LogP contribution in [0.15, 0.2) is 66.7 Å². The van der Waals surface area contributed by atoms with Gasteiger partial charge in [-0.2, -0.15) is 0 Å². The van der Waals surface area contributed by atoms with Gasteiger partial charge >= 0.3 is 0 Å². The van der Waals surface area contributed by atoms with Crippen molar-refractivity contribution in [3.63, 3.8) is 0 Å². The second kappa shape index (κ2) is 8.19. The molecular formula is C22H17O5-. The van der Waals surface area contributed by atoms with Gasteiger partial charge in [0.25, 0.3) is 0 Å². The van der Waals surface area contributed by atoms with Crippen LogP contribution in [0.3, 0.4) is 0 Å². The van der Waals surface area contributed by atoms with E-state index < -0.39 is 12.6 Å². The molecule has 0 bridgehead atoms. The normalized spacial score (nSPS) is 10.9. The van der Waals surface area contributed by atoms with E-state index in [1.165, 1.54) is 13.2 Å². The minimum absolute atomic E-state index is 0.114. The van der Waals surface area contributed by atoms with Gasteiger partial charge in [0, 0.05) is 5.56 Å². The number of carboxylic acids is 1. The molecule has 0 spiro atoms. The molecule has 0 atom stereocenters. The zero-order valence-electron chi connectivity index (χ0n) is 14.7. The van der Waals surface area contributed by atoms with E-state index in [1.54, 1.807) is 30.3 Å². The van der Waals surface area contributed by atoms with Crippen molar-refractivity contribution in [1.82, 2.24) is 0 Å². The lowest BCUT2D eigenvalue weighted by atomic mass is 10.0. The number of hydrogen-bond donors (Lipinski definition) is 0. The van der Waals surface area contributed by atoms with E-state index in [-0.39, 0.29) is 5.78 Å². The van der Waals surface area contributed by atoms with E-state index >= 15 is 0 Å². The number of allylic oxidation sites excluding steroid dienone is 1. The van der Waals surface area contributed by atoms with Gasteiger partial charge in [-0.15, -0.1) is 0 Å². The quantitative estimate of drug-likeness (QED) is 0.478. The predicted octanol–water partition coefficient (Wildman–Crippen LogP) is 2.87. The Morgan fingerprint density at radius 3 is 2.48 bits per heavy atom. The molecule has 3 rings (SSSR count). The number of carbonyl (C=O) groups is 2. The van der Waals surface area contributed by atoms with Crippen molar-refractivity contribution in [2.24, 2.45) is 0 Å². The Morgan fingerprint density at radius 1 is 0.963 bits per heavy atom. The zero-order valence-corrected chi connectivity index (χ0v) is 14.7. The van der Waals surface area contributed by atoms with E-state index in [2.05, 4.69) is 0 Å². The number of hydrogen-bond acceptors (Lipinski definition) is 5. The highest BCUT2D eigenvalue weighted by molar-refractivity contribution is 6.08. The number of carbonyl (C=O) groups excluding carboxylic acids is 2. The van der Waals surface area contributed by atoms with Crippen LogP contribution in [0.2, 0.25) is 0 Å². The molecule has 0 fully saturated rings. The van der Waals surface area contributed by atoms with Crippen molar-refractivity contribution in [3.05, 3.63) is 77.9 Å². The third kappa shape index (κ3) is 4.52. The Labute approximate surface area is 156 Å². The number of aliphatic carboxylic acids is 1.